The molecule has 2 aromatic rings. The SMILES string of the molecule is CC(C)C1CCc2ccccc2C1.CC(C)c1ccc2c(c1)CCCC2. The Hall–Kier alpha value is -1.56. The second-order valence-electron chi connectivity index (χ2n) is 8.91. The third kappa shape index (κ3) is 4.78. The Labute approximate surface area is 161 Å². The van der Waals surface area contributed by atoms with Crippen molar-refractivity contribution in [3.63, 3.8) is 0 Å². The molecule has 1 unspecified atom stereocenters. The molecule has 140 valence electrons. The van der Waals surface area contributed by atoms with Gasteiger partial charge in [-0.15, -0.1) is 0 Å². The third-order valence-corrected chi connectivity index (χ3v) is 6.37. The van der Waals surface area contributed by atoms with E-state index in [2.05, 4.69) is 70.2 Å². The summed E-state index contributed by atoms with van der Waals surface area (Å²) in [5, 5.41) is 0. The summed E-state index contributed by atoms with van der Waals surface area (Å²) in [7, 11) is 0. The summed E-state index contributed by atoms with van der Waals surface area (Å²) in [6.45, 7) is 9.23. The molecule has 4 rings (SSSR count). The fourth-order valence-electron chi connectivity index (χ4n) is 4.41. The number of fused-ring (bicyclic) bond motifs is 2. The van der Waals surface area contributed by atoms with E-state index in [-0.39, 0.29) is 0 Å². The Morgan fingerprint density at radius 3 is 2.08 bits per heavy atom. The fraction of sp³-hybridized carbons (Fsp3) is 0.538. The van der Waals surface area contributed by atoms with Gasteiger partial charge in [0, 0.05) is 0 Å². The summed E-state index contributed by atoms with van der Waals surface area (Å²) in [6, 6.07) is 16.0. The number of benzene rings is 2. The van der Waals surface area contributed by atoms with Crippen LogP contribution in [0.4, 0.5) is 0 Å². The van der Waals surface area contributed by atoms with Crippen molar-refractivity contribution in [3.8, 4) is 0 Å². The van der Waals surface area contributed by atoms with Crippen molar-refractivity contribution in [3.05, 3.63) is 70.3 Å². The van der Waals surface area contributed by atoms with Gasteiger partial charge in [-0.1, -0.05) is 70.2 Å². The maximum atomic E-state index is 2.42. The largest absolute Gasteiger partial charge is 0.0625 e. The zero-order valence-corrected chi connectivity index (χ0v) is 17.2. The van der Waals surface area contributed by atoms with E-state index < -0.39 is 0 Å². The van der Waals surface area contributed by atoms with Crippen LogP contribution in [-0.2, 0) is 25.7 Å². The van der Waals surface area contributed by atoms with E-state index in [1.54, 1.807) is 22.3 Å². The van der Waals surface area contributed by atoms with Gasteiger partial charge >= 0.3 is 0 Å². The van der Waals surface area contributed by atoms with Gasteiger partial charge < -0.3 is 0 Å². The Bertz CT molecular complexity index is 708. The van der Waals surface area contributed by atoms with Crippen LogP contribution in [0.5, 0.6) is 0 Å². The van der Waals surface area contributed by atoms with Crippen molar-refractivity contribution in [2.45, 2.75) is 78.6 Å². The van der Waals surface area contributed by atoms with Crippen LogP contribution in [0.3, 0.4) is 0 Å². The maximum Gasteiger partial charge on any atom is -0.0219 e. The normalized spacial score (nSPS) is 18.8. The summed E-state index contributed by atoms with van der Waals surface area (Å²) in [6.07, 6.45) is 9.34. The summed E-state index contributed by atoms with van der Waals surface area (Å²) in [5.74, 6) is 2.43. The molecule has 0 amide bonds. The average Bonchev–Trinajstić information content (AvgIpc) is 2.67. The van der Waals surface area contributed by atoms with Gasteiger partial charge in [0.2, 0.25) is 0 Å². The molecule has 0 saturated carbocycles. The molecule has 26 heavy (non-hydrogen) atoms. The first-order valence-electron chi connectivity index (χ1n) is 10.7. The molecule has 2 aliphatic carbocycles. The van der Waals surface area contributed by atoms with Crippen LogP contribution in [0.2, 0.25) is 0 Å². The second kappa shape index (κ2) is 8.89. The van der Waals surface area contributed by atoms with E-state index in [1.165, 1.54) is 50.5 Å². The highest BCUT2D eigenvalue weighted by Gasteiger charge is 2.20. The molecular weight excluding hydrogens is 312 g/mol. The number of hydrogen-bond acceptors (Lipinski definition) is 0. The van der Waals surface area contributed by atoms with Gasteiger partial charge in [-0.2, -0.15) is 0 Å². The van der Waals surface area contributed by atoms with E-state index in [4.69, 9.17) is 0 Å². The molecule has 0 nitrogen and oxygen atoms in total. The molecule has 0 spiro atoms. The minimum absolute atomic E-state index is 0.673. The second-order valence-corrected chi connectivity index (χ2v) is 8.91. The predicted octanol–water partition coefficient (Wildman–Crippen LogP) is 7.14. The Balaban J connectivity index is 0.000000151. The lowest BCUT2D eigenvalue weighted by atomic mass is 9.78. The highest BCUT2D eigenvalue weighted by atomic mass is 14.2. The van der Waals surface area contributed by atoms with Crippen LogP contribution in [0, 0.1) is 11.8 Å². The van der Waals surface area contributed by atoms with Gasteiger partial charge in [0.1, 0.15) is 0 Å². The zero-order valence-electron chi connectivity index (χ0n) is 17.2. The van der Waals surface area contributed by atoms with Crippen molar-refractivity contribution >= 4 is 0 Å². The molecule has 0 aromatic heterocycles. The summed E-state index contributed by atoms with van der Waals surface area (Å²) >= 11 is 0. The van der Waals surface area contributed by atoms with E-state index in [0.717, 1.165) is 11.8 Å². The molecule has 0 bridgehead atoms. The van der Waals surface area contributed by atoms with E-state index in [0.29, 0.717) is 5.92 Å². The zero-order chi connectivity index (χ0) is 18.5. The molecule has 0 heterocycles. The Morgan fingerprint density at radius 2 is 1.38 bits per heavy atom. The first kappa shape index (κ1) is 19.2. The molecule has 2 aromatic carbocycles. The topological polar surface area (TPSA) is 0 Å². The van der Waals surface area contributed by atoms with Crippen LogP contribution in [0.25, 0.3) is 0 Å². The van der Waals surface area contributed by atoms with Gasteiger partial charge in [0.05, 0.1) is 0 Å². The Kier molecular flexibility index (Phi) is 6.57. The summed E-state index contributed by atoms with van der Waals surface area (Å²) < 4.78 is 0. The smallest absolute Gasteiger partial charge is 0.0219 e. The molecule has 0 saturated heterocycles. The van der Waals surface area contributed by atoms with Crippen LogP contribution in [0.15, 0.2) is 42.5 Å². The first-order chi connectivity index (χ1) is 12.5. The monoisotopic (exact) mass is 348 g/mol. The van der Waals surface area contributed by atoms with Gasteiger partial charge in [-0.3, -0.25) is 0 Å². The number of hydrogen-bond donors (Lipinski definition) is 0. The minimum Gasteiger partial charge on any atom is -0.0625 e. The van der Waals surface area contributed by atoms with Crippen molar-refractivity contribution in [1.82, 2.24) is 0 Å². The van der Waals surface area contributed by atoms with Crippen molar-refractivity contribution < 1.29 is 0 Å². The van der Waals surface area contributed by atoms with Crippen molar-refractivity contribution in [1.29, 1.82) is 0 Å². The molecule has 0 fully saturated rings. The maximum absolute atomic E-state index is 2.42. The Morgan fingerprint density at radius 1 is 0.731 bits per heavy atom. The molecule has 0 aliphatic heterocycles. The highest BCUT2D eigenvalue weighted by molar-refractivity contribution is 5.35. The lowest BCUT2D eigenvalue weighted by molar-refractivity contribution is 0.343. The lowest BCUT2D eigenvalue weighted by Gasteiger charge is -2.27. The highest BCUT2D eigenvalue weighted by Crippen LogP contribution is 2.29. The predicted molar refractivity (Wildman–Crippen MR) is 114 cm³/mol. The first-order valence-corrected chi connectivity index (χ1v) is 10.7. The van der Waals surface area contributed by atoms with E-state index >= 15 is 0 Å². The fourth-order valence-corrected chi connectivity index (χ4v) is 4.41. The molecule has 0 radical (unpaired) electrons. The van der Waals surface area contributed by atoms with Crippen molar-refractivity contribution in [2.75, 3.05) is 0 Å². The summed E-state index contributed by atoms with van der Waals surface area (Å²) in [4.78, 5) is 0. The lowest BCUT2D eigenvalue weighted by Crippen LogP contribution is -2.18. The quantitative estimate of drug-likeness (QED) is 0.541. The average molecular weight is 349 g/mol. The van der Waals surface area contributed by atoms with Gasteiger partial charge in [-0.25, -0.2) is 0 Å². The summed E-state index contributed by atoms with van der Waals surface area (Å²) in [5.41, 5.74) is 7.88. The van der Waals surface area contributed by atoms with Gasteiger partial charge in [-0.05, 0) is 90.5 Å². The standard InChI is InChI=1S/2C13H18/c2*1-10(2)12-8-7-11-5-3-4-6-13(11)9-12/h7-10H,3-6H2,1-2H3;3-6,10,12H,7-9H2,1-2H3. The van der Waals surface area contributed by atoms with Crippen molar-refractivity contribution in [2.24, 2.45) is 11.8 Å². The van der Waals surface area contributed by atoms with Crippen LogP contribution < -0.4 is 0 Å². The van der Waals surface area contributed by atoms with E-state index in [1.807, 2.05) is 0 Å². The molecule has 0 N–H and O–H groups in total. The van der Waals surface area contributed by atoms with Gasteiger partial charge in [0.15, 0.2) is 0 Å². The van der Waals surface area contributed by atoms with Crippen LogP contribution in [0.1, 0.15) is 80.7 Å². The van der Waals surface area contributed by atoms with Crippen LogP contribution in [-0.4, -0.2) is 0 Å². The van der Waals surface area contributed by atoms with Crippen LogP contribution >= 0.6 is 0 Å². The molecule has 2 aliphatic rings. The number of aryl methyl sites for hydroxylation is 3. The molecule has 0 heteroatoms. The molecule has 1 atom stereocenters. The number of rotatable bonds is 2. The molecular formula is C26H36. The van der Waals surface area contributed by atoms with Gasteiger partial charge in [0.25, 0.3) is 0 Å². The van der Waals surface area contributed by atoms with E-state index in [9.17, 15) is 0 Å². The third-order valence-electron chi connectivity index (χ3n) is 6.37. The minimum atomic E-state index is 0.673.